The number of rotatable bonds is 8. The summed E-state index contributed by atoms with van der Waals surface area (Å²) in [6.07, 6.45) is 14.8. The molecule has 4 fully saturated rings. The van der Waals surface area contributed by atoms with Gasteiger partial charge in [-0.2, -0.15) is 5.10 Å². The minimum atomic E-state index is -1.07. The third-order valence-electron chi connectivity index (χ3n) is 10.7. The van der Waals surface area contributed by atoms with Crippen LogP contribution in [0.3, 0.4) is 0 Å². The molecule has 5 heterocycles. The molecule has 6 aromatic rings. The molecule has 0 atom stereocenters. The number of thiazole rings is 1. The van der Waals surface area contributed by atoms with Gasteiger partial charge in [-0.05, 0) is 98.9 Å². The van der Waals surface area contributed by atoms with E-state index >= 15 is 0 Å². The zero-order valence-corrected chi connectivity index (χ0v) is 27.2. The molecule has 10 rings (SSSR count). The van der Waals surface area contributed by atoms with Gasteiger partial charge in [0.1, 0.15) is 17.1 Å². The van der Waals surface area contributed by atoms with Crippen LogP contribution in [-0.4, -0.2) is 46.1 Å². The maximum absolute atomic E-state index is 13.6. The Morgan fingerprint density at radius 2 is 1.75 bits per heavy atom. The number of carbonyl (C=O) groups excluding carboxylic acids is 1. The Bertz CT molecular complexity index is 2180. The van der Waals surface area contributed by atoms with E-state index < -0.39 is 5.97 Å². The lowest BCUT2D eigenvalue weighted by molar-refractivity contribution is -0.0638. The largest absolute Gasteiger partial charge is 0.478 e. The maximum Gasteiger partial charge on any atom is 0.339 e. The minimum Gasteiger partial charge on any atom is -0.478 e. The standard InChI is InChI=1S/C36H34N8O3S/c1-20-26(17-38-44(20)19-36-14-21-11-22(15-36)13-23(12-21)16-36)30-32(43-10-4-5-25(34(46)47)31(43)41-30)39-28-18-37-9-8-24(28)33(45)42-35-40-27-6-2-3-7-29(27)48-35/h2-10,17-18,21-23,39H,11-16,19H2,1H3,(H,46,47)(H,40,42,45). The highest BCUT2D eigenvalue weighted by Gasteiger charge is 2.51. The fourth-order valence-corrected chi connectivity index (χ4v) is 9.95. The van der Waals surface area contributed by atoms with Crippen molar-refractivity contribution in [1.29, 1.82) is 0 Å². The number of carboxylic acid groups (broad SMARTS) is 1. The number of carboxylic acids is 1. The first-order valence-corrected chi connectivity index (χ1v) is 17.3. The van der Waals surface area contributed by atoms with E-state index in [0.29, 0.717) is 39.0 Å². The number of carbonyl (C=O) groups is 2. The number of benzene rings is 1. The highest BCUT2D eigenvalue weighted by molar-refractivity contribution is 7.22. The van der Waals surface area contributed by atoms with Crippen molar-refractivity contribution < 1.29 is 14.7 Å². The van der Waals surface area contributed by atoms with Gasteiger partial charge in [0, 0.05) is 30.2 Å². The smallest absolute Gasteiger partial charge is 0.339 e. The molecule has 0 aliphatic heterocycles. The van der Waals surface area contributed by atoms with Crippen molar-refractivity contribution in [3.8, 4) is 11.3 Å². The lowest BCUT2D eigenvalue weighted by Crippen LogP contribution is -2.48. The number of anilines is 3. The van der Waals surface area contributed by atoms with Crippen LogP contribution in [0.1, 0.15) is 64.9 Å². The number of pyridine rings is 2. The van der Waals surface area contributed by atoms with Crippen LogP contribution in [0.5, 0.6) is 0 Å². The van der Waals surface area contributed by atoms with Crippen molar-refractivity contribution in [3.05, 3.63) is 84.1 Å². The van der Waals surface area contributed by atoms with Crippen molar-refractivity contribution in [2.24, 2.45) is 23.2 Å². The first kappa shape index (κ1) is 29.1. The molecule has 4 aliphatic carbocycles. The predicted molar refractivity (Wildman–Crippen MR) is 184 cm³/mol. The van der Waals surface area contributed by atoms with Crippen LogP contribution in [0.15, 0.2) is 67.3 Å². The van der Waals surface area contributed by atoms with E-state index in [0.717, 1.165) is 45.8 Å². The van der Waals surface area contributed by atoms with E-state index in [9.17, 15) is 14.7 Å². The number of aromatic carboxylic acids is 1. The molecule has 5 aromatic heterocycles. The molecular formula is C36H34N8O3S. The highest BCUT2D eigenvalue weighted by atomic mass is 32.1. The Labute approximate surface area is 280 Å². The number of amides is 1. The lowest BCUT2D eigenvalue weighted by Gasteiger charge is -2.56. The van der Waals surface area contributed by atoms with Crippen LogP contribution in [-0.2, 0) is 6.54 Å². The monoisotopic (exact) mass is 658 g/mol. The third-order valence-corrected chi connectivity index (χ3v) is 11.7. The van der Waals surface area contributed by atoms with E-state index in [-0.39, 0.29) is 11.5 Å². The second kappa shape index (κ2) is 11.0. The zero-order chi connectivity index (χ0) is 32.6. The van der Waals surface area contributed by atoms with Gasteiger partial charge in [0.15, 0.2) is 10.8 Å². The van der Waals surface area contributed by atoms with Crippen LogP contribution < -0.4 is 10.6 Å². The summed E-state index contributed by atoms with van der Waals surface area (Å²) in [5, 5.41) is 21.8. The number of nitrogens with zero attached hydrogens (tertiary/aromatic N) is 6. The number of fused-ring (bicyclic) bond motifs is 2. The summed E-state index contributed by atoms with van der Waals surface area (Å²) < 4.78 is 4.83. The van der Waals surface area contributed by atoms with Gasteiger partial charge in [0.25, 0.3) is 5.91 Å². The molecule has 12 heteroatoms. The van der Waals surface area contributed by atoms with Crippen LogP contribution in [0.25, 0.3) is 27.1 Å². The van der Waals surface area contributed by atoms with Crippen LogP contribution in [0.2, 0.25) is 0 Å². The number of hydrogen-bond donors (Lipinski definition) is 3. The number of imidazole rings is 1. The molecule has 0 unspecified atom stereocenters. The van der Waals surface area contributed by atoms with Gasteiger partial charge in [-0.1, -0.05) is 23.5 Å². The number of hydrogen-bond acceptors (Lipinski definition) is 8. The van der Waals surface area contributed by atoms with Gasteiger partial charge < -0.3 is 10.4 Å². The van der Waals surface area contributed by atoms with Gasteiger partial charge in [-0.3, -0.25) is 24.2 Å². The van der Waals surface area contributed by atoms with Gasteiger partial charge in [0.2, 0.25) is 0 Å². The van der Waals surface area contributed by atoms with Gasteiger partial charge in [-0.25, -0.2) is 14.8 Å². The summed E-state index contributed by atoms with van der Waals surface area (Å²) in [4.78, 5) is 39.7. The molecule has 3 N–H and O–H groups in total. The molecule has 0 radical (unpaired) electrons. The maximum atomic E-state index is 13.6. The average Bonchev–Trinajstić information content (AvgIpc) is 3.75. The van der Waals surface area contributed by atoms with Gasteiger partial charge >= 0.3 is 5.97 Å². The molecule has 11 nitrogen and oxygen atoms in total. The summed E-state index contributed by atoms with van der Waals surface area (Å²) in [5.74, 6) is 1.63. The summed E-state index contributed by atoms with van der Waals surface area (Å²) in [6, 6.07) is 12.6. The molecule has 242 valence electrons. The summed E-state index contributed by atoms with van der Waals surface area (Å²) >= 11 is 1.40. The summed E-state index contributed by atoms with van der Waals surface area (Å²) in [5.41, 5.74) is 4.62. The number of nitrogens with one attached hydrogen (secondary N) is 2. The fraction of sp³-hybridized carbons (Fsp3) is 0.333. The molecule has 1 amide bonds. The SMILES string of the molecule is Cc1c(-c2nc3c(C(=O)O)cccn3c2Nc2cnccc2C(=O)Nc2nc3ccccc3s2)cnn1CC12CC3CC(CC(C3)C1)C2. The Hall–Kier alpha value is -5.10. The Morgan fingerprint density at radius 3 is 2.50 bits per heavy atom. The molecule has 4 saturated carbocycles. The first-order valence-electron chi connectivity index (χ1n) is 16.5. The third kappa shape index (κ3) is 4.85. The Morgan fingerprint density at radius 1 is 0.979 bits per heavy atom. The highest BCUT2D eigenvalue weighted by Crippen LogP contribution is 2.60. The second-order valence-electron chi connectivity index (χ2n) is 13.9. The number of aromatic nitrogens is 6. The Kier molecular flexibility index (Phi) is 6.65. The van der Waals surface area contributed by atoms with E-state index in [1.54, 1.807) is 41.2 Å². The average molecular weight is 659 g/mol. The molecule has 48 heavy (non-hydrogen) atoms. The quantitative estimate of drug-likeness (QED) is 0.154. The van der Waals surface area contributed by atoms with Gasteiger partial charge in [-0.15, -0.1) is 0 Å². The van der Waals surface area contributed by atoms with Crippen LogP contribution in [0, 0.1) is 30.1 Å². The van der Waals surface area contributed by atoms with Crippen molar-refractivity contribution in [3.63, 3.8) is 0 Å². The van der Waals surface area contributed by atoms with E-state index in [1.807, 2.05) is 30.5 Å². The molecule has 4 aliphatic rings. The first-order chi connectivity index (χ1) is 23.3. The topological polar surface area (TPSA) is 139 Å². The van der Waals surface area contributed by atoms with Gasteiger partial charge in [0.05, 0.1) is 33.9 Å². The van der Waals surface area contributed by atoms with E-state index in [1.165, 1.54) is 49.9 Å². The molecular weight excluding hydrogens is 625 g/mol. The van der Waals surface area contributed by atoms with Crippen molar-refractivity contribution >= 4 is 55.7 Å². The second-order valence-corrected chi connectivity index (χ2v) is 15.0. The van der Waals surface area contributed by atoms with E-state index in [2.05, 4.69) is 32.2 Å². The molecule has 1 aromatic carbocycles. The predicted octanol–water partition coefficient (Wildman–Crippen LogP) is 7.42. The Balaban J connectivity index is 1.09. The zero-order valence-electron chi connectivity index (χ0n) is 26.4. The normalized spacial score (nSPS) is 22.8. The lowest BCUT2D eigenvalue weighted by atomic mass is 9.49. The molecule has 0 spiro atoms. The van der Waals surface area contributed by atoms with Crippen molar-refractivity contribution in [2.75, 3.05) is 10.6 Å². The van der Waals surface area contributed by atoms with Crippen molar-refractivity contribution in [1.82, 2.24) is 29.1 Å². The molecule has 4 bridgehead atoms. The van der Waals surface area contributed by atoms with Crippen LogP contribution >= 0.6 is 11.3 Å². The summed E-state index contributed by atoms with van der Waals surface area (Å²) in [6.45, 7) is 2.95. The van der Waals surface area contributed by atoms with E-state index in [4.69, 9.17) is 10.1 Å². The summed E-state index contributed by atoms with van der Waals surface area (Å²) in [7, 11) is 0. The minimum absolute atomic E-state index is 0.0744. The molecule has 0 saturated heterocycles. The number of para-hydroxylation sites is 1. The fourth-order valence-electron chi connectivity index (χ4n) is 9.09. The van der Waals surface area contributed by atoms with Crippen LogP contribution in [0.4, 0.5) is 16.6 Å². The van der Waals surface area contributed by atoms with Crippen molar-refractivity contribution in [2.45, 2.75) is 52.0 Å².